The van der Waals surface area contributed by atoms with Crippen molar-refractivity contribution < 1.29 is 30.6 Å². The Balaban J connectivity index is 2.09. The van der Waals surface area contributed by atoms with Crippen molar-refractivity contribution in [1.82, 2.24) is 0 Å². The van der Waals surface area contributed by atoms with Crippen molar-refractivity contribution in [3.8, 4) is 5.75 Å². The first-order valence-electron chi connectivity index (χ1n) is 6.57. The largest absolute Gasteiger partial charge is 0.534 e. The summed E-state index contributed by atoms with van der Waals surface area (Å²) >= 11 is 0. The van der Waals surface area contributed by atoms with Crippen molar-refractivity contribution in [3.05, 3.63) is 71.8 Å². The van der Waals surface area contributed by atoms with Crippen LogP contribution in [0.25, 0.3) is 6.08 Å². The van der Waals surface area contributed by atoms with E-state index in [2.05, 4.69) is 4.18 Å². The van der Waals surface area contributed by atoms with E-state index in [4.69, 9.17) is 0 Å². The normalized spacial score (nSPS) is 12.3. The zero-order valence-electron chi connectivity index (χ0n) is 12.0. The molecule has 0 heterocycles. The van der Waals surface area contributed by atoms with E-state index in [1.807, 2.05) is 6.07 Å². The van der Waals surface area contributed by atoms with E-state index in [1.165, 1.54) is 18.2 Å². The first-order chi connectivity index (χ1) is 11.2. The number of allylic oxidation sites excluding steroid dienone is 1. The Hall–Kier alpha value is -2.61. The molecule has 0 bridgehead atoms. The minimum Gasteiger partial charge on any atom is -0.376 e. The number of carbonyl (C=O) groups excluding carboxylic acids is 1. The quantitative estimate of drug-likeness (QED) is 0.354. The second-order valence-electron chi connectivity index (χ2n) is 4.62. The molecule has 2 aromatic carbocycles. The summed E-state index contributed by atoms with van der Waals surface area (Å²) < 4.78 is 62.3. The van der Waals surface area contributed by atoms with Crippen LogP contribution in [0.15, 0.2) is 60.7 Å². The van der Waals surface area contributed by atoms with Crippen LogP contribution in [0.5, 0.6) is 5.75 Å². The number of carbonyl (C=O) groups is 1. The SMILES string of the molecule is O=C(/C=C/c1ccccc1)c1ccc(OS(=O)(=O)C(F)(F)F)cc1. The average molecular weight is 356 g/mol. The van der Waals surface area contributed by atoms with Crippen molar-refractivity contribution >= 4 is 22.0 Å². The molecule has 0 atom stereocenters. The van der Waals surface area contributed by atoms with Gasteiger partial charge in [-0.2, -0.15) is 21.6 Å². The molecule has 2 rings (SSSR count). The molecule has 0 spiro atoms. The molecule has 0 unspecified atom stereocenters. The van der Waals surface area contributed by atoms with Gasteiger partial charge in [-0.05, 0) is 35.9 Å². The molecule has 2 aromatic rings. The molecule has 0 N–H and O–H groups in total. The molecule has 8 heteroatoms. The Morgan fingerprint density at radius 1 is 0.958 bits per heavy atom. The molecule has 0 aliphatic rings. The fourth-order valence-corrected chi connectivity index (χ4v) is 2.14. The number of ketones is 1. The molecule has 0 aliphatic heterocycles. The highest BCUT2D eigenvalue weighted by molar-refractivity contribution is 7.88. The van der Waals surface area contributed by atoms with E-state index in [0.717, 1.165) is 17.7 Å². The smallest absolute Gasteiger partial charge is 0.376 e. The summed E-state index contributed by atoms with van der Waals surface area (Å²) in [7, 11) is -5.73. The number of halogens is 3. The highest BCUT2D eigenvalue weighted by Crippen LogP contribution is 2.27. The van der Waals surface area contributed by atoms with E-state index >= 15 is 0 Å². The fraction of sp³-hybridized carbons (Fsp3) is 0.0625. The summed E-state index contributed by atoms with van der Waals surface area (Å²) in [6.07, 6.45) is 2.89. The summed E-state index contributed by atoms with van der Waals surface area (Å²) in [4.78, 5) is 11.9. The Bertz CT molecular complexity index is 839. The van der Waals surface area contributed by atoms with Gasteiger partial charge in [-0.3, -0.25) is 4.79 Å². The second kappa shape index (κ2) is 6.88. The molecule has 0 aliphatic carbocycles. The number of rotatable bonds is 5. The first-order valence-corrected chi connectivity index (χ1v) is 7.98. The maximum atomic E-state index is 12.2. The summed E-state index contributed by atoms with van der Waals surface area (Å²) in [5, 5.41) is 0. The third-order valence-electron chi connectivity index (χ3n) is 2.85. The van der Waals surface area contributed by atoms with Crippen LogP contribution < -0.4 is 4.18 Å². The third kappa shape index (κ3) is 4.45. The Morgan fingerprint density at radius 3 is 2.08 bits per heavy atom. The minimum absolute atomic E-state index is 0.180. The Morgan fingerprint density at radius 2 is 1.54 bits per heavy atom. The van der Waals surface area contributed by atoms with Gasteiger partial charge >= 0.3 is 15.6 Å². The van der Waals surface area contributed by atoms with Gasteiger partial charge in [-0.25, -0.2) is 0 Å². The van der Waals surface area contributed by atoms with Gasteiger partial charge in [0, 0.05) is 5.56 Å². The predicted molar refractivity (Wildman–Crippen MR) is 81.9 cm³/mol. The lowest BCUT2D eigenvalue weighted by Crippen LogP contribution is -2.28. The molecule has 0 saturated heterocycles. The highest BCUT2D eigenvalue weighted by atomic mass is 32.2. The molecule has 0 amide bonds. The molecule has 24 heavy (non-hydrogen) atoms. The maximum Gasteiger partial charge on any atom is 0.534 e. The van der Waals surface area contributed by atoms with Gasteiger partial charge in [-0.1, -0.05) is 36.4 Å². The van der Waals surface area contributed by atoms with Crippen LogP contribution in [0.1, 0.15) is 15.9 Å². The average Bonchev–Trinajstić information content (AvgIpc) is 2.53. The molecule has 0 fully saturated rings. The molecule has 0 radical (unpaired) electrons. The second-order valence-corrected chi connectivity index (χ2v) is 6.15. The summed E-state index contributed by atoms with van der Waals surface area (Å²) in [5.74, 6) is -0.917. The van der Waals surface area contributed by atoms with Crippen molar-refractivity contribution in [1.29, 1.82) is 0 Å². The molecular weight excluding hydrogens is 345 g/mol. The zero-order valence-corrected chi connectivity index (χ0v) is 12.8. The lowest BCUT2D eigenvalue weighted by molar-refractivity contribution is -0.0500. The van der Waals surface area contributed by atoms with Crippen molar-refractivity contribution in [2.45, 2.75) is 5.51 Å². The van der Waals surface area contributed by atoms with Crippen molar-refractivity contribution in [2.24, 2.45) is 0 Å². The third-order valence-corrected chi connectivity index (χ3v) is 3.83. The van der Waals surface area contributed by atoms with Crippen molar-refractivity contribution in [3.63, 3.8) is 0 Å². The molecular formula is C16H11F3O4S. The lowest BCUT2D eigenvalue weighted by atomic mass is 10.1. The van der Waals surface area contributed by atoms with Gasteiger partial charge < -0.3 is 4.18 Å². The van der Waals surface area contributed by atoms with Crippen LogP contribution in [0.2, 0.25) is 0 Å². The first kappa shape index (κ1) is 17.7. The number of hydrogen-bond acceptors (Lipinski definition) is 4. The summed E-state index contributed by atoms with van der Waals surface area (Å²) in [5.41, 5.74) is -4.53. The predicted octanol–water partition coefficient (Wildman–Crippen LogP) is 3.81. The van der Waals surface area contributed by atoms with Gasteiger partial charge in [-0.15, -0.1) is 0 Å². The van der Waals surface area contributed by atoms with Crippen LogP contribution in [0.3, 0.4) is 0 Å². The molecule has 0 saturated carbocycles. The summed E-state index contributed by atoms with van der Waals surface area (Å²) in [6.45, 7) is 0. The number of hydrogen-bond donors (Lipinski definition) is 0. The highest BCUT2D eigenvalue weighted by Gasteiger charge is 2.48. The monoisotopic (exact) mass is 356 g/mol. The van der Waals surface area contributed by atoms with Gasteiger partial charge in [0.05, 0.1) is 0 Å². The van der Waals surface area contributed by atoms with Crippen LogP contribution in [-0.4, -0.2) is 19.7 Å². The van der Waals surface area contributed by atoms with E-state index < -0.39 is 21.4 Å². The van der Waals surface area contributed by atoms with Gasteiger partial charge in [0.15, 0.2) is 5.78 Å². The molecule has 4 nitrogen and oxygen atoms in total. The van der Waals surface area contributed by atoms with Gasteiger partial charge in [0.2, 0.25) is 0 Å². The van der Waals surface area contributed by atoms with Gasteiger partial charge in [0.1, 0.15) is 5.75 Å². The Labute approximate surface area is 136 Å². The van der Waals surface area contributed by atoms with Crippen LogP contribution in [0, 0.1) is 0 Å². The molecule has 126 valence electrons. The van der Waals surface area contributed by atoms with E-state index in [9.17, 15) is 26.4 Å². The van der Waals surface area contributed by atoms with Crippen LogP contribution >= 0.6 is 0 Å². The number of alkyl halides is 3. The fourth-order valence-electron chi connectivity index (χ4n) is 1.68. The topological polar surface area (TPSA) is 60.4 Å². The standard InChI is InChI=1S/C16H11F3O4S/c17-16(18,19)24(21,22)23-14-9-7-13(8-10-14)15(20)11-6-12-4-2-1-3-5-12/h1-11H/b11-6+. The van der Waals surface area contributed by atoms with Crippen molar-refractivity contribution in [2.75, 3.05) is 0 Å². The van der Waals surface area contributed by atoms with E-state index in [1.54, 1.807) is 30.3 Å². The summed E-state index contributed by atoms with van der Waals surface area (Å²) in [6, 6.07) is 13.3. The zero-order chi connectivity index (χ0) is 17.8. The molecule has 0 aromatic heterocycles. The van der Waals surface area contributed by atoms with Crippen LogP contribution in [-0.2, 0) is 10.1 Å². The Kier molecular flexibility index (Phi) is 5.08. The van der Waals surface area contributed by atoms with E-state index in [-0.39, 0.29) is 11.3 Å². The minimum atomic E-state index is -5.73. The lowest BCUT2D eigenvalue weighted by Gasteiger charge is -2.09. The maximum absolute atomic E-state index is 12.2. The van der Waals surface area contributed by atoms with Crippen LogP contribution in [0.4, 0.5) is 13.2 Å². The van der Waals surface area contributed by atoms with Gasteiger partial charge in [0.25, 0.3) is 0 Å². The number of benzene rings is 2. The van der Waals surface area contributed by atoms with E-state index in [0.29, 0.717) is 0 Å².